The molecule has 2 aromatic heterocycles. The molecule has 96 valence electrons. The standard InChI is InChI=1S/C14H13N3S2/c1-9-12(10-6-4-3-5-7-10)11(8-19-9)13-15-16-14(18)17(13)2/h3-8H,1-2H3,(H,16,18). The zero-order valence-electron chi connectivity index (χ0n) is 10.7. The summed E-state index contributed by atoms with van der Waals surface area (Å²) < 4.78 is 2.54. The summed E-state index contributed by atoms with van der Waals surface area (Å²) in [6.45, 7) is 2.14. The van der Waals surface area contributed by atoms with Gasteiger partial charge in [0.2, 0.25) is 0 Å². The van der Waals surface area contributed by atoms with Crippen molar-refractivity contribution in [3.05, 3.63) is 45.4 Å². The number of aromatic amines is 1. The van der Waals surface area contributed by atoms with Gasteiger partial charge in [-0.2, -0.15) is 5.10 Å². The normalized spacial score (nSPS) is 10.8. The van der Waals surface area contributed by atoms with Crippen molar-refractivity contribution >= 4 is 23.6 Å². The lowest BCUT2D eigenvalue weighted by atomic mass is 10.0. The SMILES string of the molecule is Cc1scc(-c2n[nH]c(=S)n2C)c1-c1ccccc1. The Bertz CT molecular complexity index is 766. The molecule has 0 spiro atoms. The first-order valence-electron chi connectivity index (χ1n) is 5.93. The average molecular weight is 287 g/mol. The van der Waals surface area contributed by atoms with Gasteiger partial charge < -0.3 is 4.57 Å². The molecule has 0 aliphatic heterocycles. The molecule has 0 amide bonds. The number of nitrogens with one attached hydrogen (secondary N) is 1. The topological polar surface area (TPSA) is 33.6 Å². The van der Waals surface area contributed by atoms with Gasteiger partial charge in [-0.25, -0.2) is 0 Å². The van der Waals surface area contributed by atoms with Crippen LogP contribution in [0.5, 0.6) is 0 Å². The van der Waals surface area contributed by atoms with Crippen LogP contribution in [0.25, 0.3) is 22.5 Å². The molecule has 0 aliphatic rings. The third-order valence-electron chi connectivity index (χ3n) is 3.16. The highest BCUT2D eigenvalue weighted by Gasteiger charge is 2.16. The highest BCUT2D eigenvalue weighted by atomic mass is 32.1. The van der Waals surface area contributed by atoms with E-state index in [0.29, 0.717) is 4.77 Å². The smallest absolute Gasteiger partial charge is 0.195 e. The number of thiophene rings is 1. The zero-order chi connectivity index (χ0) is 13.4. The highest BCUT2D eigenvalue weighted by molar-refractivity contribution is 7.71. The molecule has 19 heavy (non-hydrogen) atoms. The molecule has 1 N–H and O–H groups in total. The Morgan fingerprint density at radius 1 is 1.26 bits per heavy atom. The van der Waals surface area contributed by atoms with Crippen LogP contribution in [0.4, 0.5) is 0 Å². The van der Waals surface area contributed by atoms with Gasteiger partial charge in [-0.3, -0.25) is 5.10 Å². The zero-order valence-corrected chi connectivity index (χ0v) is 12.3. The van der Waals surface area contributed by atoms with Gasteiger partial charge in [-0.1, -0.05) is 30.3 Å². The van der Waals surface area contributed by atoms with Gasteiger partial charge in [0.05, 0.1) is 0 Å². The third kappa shape index (κ3) is 2.05. The van der Waals surface area contributed by atoms with Crippen molar-refractivity contribution in [1.82, 2.24) is 14.8 Å². The van der Waals surface area contributed by atoms with Crippen molar-refractivity contribution in [3.8, 4) is 22.5 Å². The van der Waals surface area contributed by atoms with E-state index in [1.54, 1.807) is 11.3 Å². The maximum absolute atomic E-state index is 5.19. The van der Waals surface area contributed by atoms with Crippen LogP contribution in [-0.4, -0.2) is 14.8 Å². The molecule has 5 heteroatoms. The number of nitrogens with zero attached hydrogens (tertiary/aromatic N) is 2. The van der Waals surface area contributed by atoms with Gasteiger partial charge in [0, 0.05) is 28.4 Å². The first-order chi connectivity index (χ1) is 9.18. The lowest BCUT2D eigenvalue weighted by Gasteiger charge is -2.05. The van der Waals surface area contributed by atoms with Crippen molar-refractivity contribution < 1.29 is 0 Å². The monoisotopic (exact) mass is 287 g/mol. The molecule has 0 radical (unpaired) electrons. The van der Waals surface area contributed by atoms with Crippen LogP contribution in [0.3, 0.4) is 0 Å². The molecule has 0 aliphatic carbocycles. The van der Waals surface area contributed by atoms with Gasteiger partial charge in [0.1, 0.15) is 0 Å². The van der Waals surface area contributed by atoms with Gasteiger partial charge in [0.15, 0.2) is 10.6 Å². The van der Waals surface area contributed by atoms with Gasteiger partial charge >= 0.3 is 0 Å². The summed E-state index contributed by atoms with van der Waals surface area (Å²) in [5, 5.41) is 9.32. The predicted octanol–water partition coefficient (Wildman–Crippen LogP) is 4.18. The average Bonchev–Trinajstić information content (AvgIpc) is 2.95. The summed E-state index contributed by atoms with van der Waals surface area (Å²) >= 11 is 6.93. The highest BCUT2D eigenvalue weighted by Crippen LogP contribution is 2.37. The number of benzene rings is 1. The molecule has 3 nitrogen and oxygen atoms in total. The van der Waals surface area contributed by atoms with E-state index >= 15 is 0 Å². The lowest BCUT2D eigenvalue weighted by Crippen LogP contribution is -1.93. The van der Waals surface area contributed by atoms with Crippen LogP contribution in [-0.2, 0) is 7.05 Å². The predicted molar refractivity (Wildman–Crippen MR) is 81.9 cm³/mol. The summed E-state index contributed by atoms with van der Waals surface area (Å²) in [6, 6.07) is 10.4. The van der Waals surface area contributed by atoms with Crippen molar-refractivity contribution in [2.45, 2.75) is 6.92 Å². The van der Waals surface area contributed by atoms with E-state index in [1.807, 2.05) is 17.7 Å². The van der Waals surface area contributed by atoms with Crippen molar-refractivity contribution in [2.24, 2.45) is 7.05 Å². The fourth-order valence-electron chi connectivity index (χ4n) is 2.17. The quantitative estimate of drug-likeness (QED) is 0.717. The van der Waals surface area contributed by atoms with E-state index in [1.165, 1.54) is 16.0 Å². The maximum Gasteiger partial charge on any atom is 0.195 e. The molecule has 0 saturated carbocycles. The number of hydrogen-bond acceptors (Lipinski definition) is 3. The number of aromatic nitrogens is 3. The van der Waals surface area contributed by atoms with E-state index in [4.69, 9.17) is 12.2 Å². The van der Waals surface area contributed by atoms with E-state index in [2.05, 4.69) is 46.8 Å². The fraction of sp³-hybridized carbons (Fsp3) is 0.143. The number of H-pyrrole nitrogens is 1. The van der Waals surface area contributed by atoms with E-state index in [-0.39, 0.29) is 0 Å². The molecule has 3 aromatic rings. The molecule has 0 atom stereocenters. The number of hydrogen-bond donors (Lipinski definition) is 1. The summed E-state index contributed by atoms with van der Waals surface area (Å²) in [7, 11) is 1.93. The van der Waals surface area contributed by atoms with Crippen LogP contribution < -0.4 is 0 Å². The minimum absolute atomic E-state index is 0.637. The third-order valence-corrected chi connectivity index (χ3v) is 4.43. The molecule has 0 bridgehead atoms. The minimum atomic E-state index is 0.637. The maximum atomic E-state index is 5.19. The molecule has 3 rings (SSSR count). The summed E-state index contributed by atoms with van der Waals surface area (Å²) in [6.07, 6.45) is 0. The Morgan fingerprint density at radius 3 is 2.63 bits per heavy atom. The number of aryl methyl sites for hydroxylation is 1. The molecule has 0 saturated heterocycles. The summed E-state index contributed by atoms with van der Waals surface area (Å²) in [5.74, 6) is 0.883. The molecule has 2 heterocycles. The fourth-order valence-corrected chi connectivity index (χ4v) is 3.17. The second-order valence-electron chi connectivity index (χ2n) is 4.36. The largest absolute Gasteiger partial charge is 0.303 e. The Labute approximate surface area is 120 Å². The van der Waals surface area contributed by atoms with E-state index < -0.39 is 0 Å². The Morgan fingerprint density at radius 2 is 2.00 bits per heavy atom. The minimum Gasteiger partial charge on any atom is -0.303 e. The summed E-state index contributed by atoms with van der Waals surface area (Å²) in [4.78, 5) is 1.29. The second kappa shape index (κ2) is 4.75. The van der Waals surface area contributed by atoms with Crippen LogP contribution >= 0.6 is 23.6 Å². The van der Waals surface area contributed by atoms with Crippen molar-refractivity contribution in [3.63, 3.8) is 0 Å². The van der Waals surface area contributed by atoms with Crippen molar-refractivity contribution in [2.75, 3.05) is 0 Å². The summed E-state index contributed by atoms with van der Waals surface area (Å²) in [5.41, 5.74) is 3.58. The number of rotatable bonds is 2. The molecule has 1 aromatic carbocycles. The Kier molecular flexibility index (Phi) is 3.08. The van der Waals surface area contributed by atoms with E-state index in [9.17, 15) is 0 Å². The van der Waals surface area contributed by atoms with Crippen LogP contribution in [0.2, 0.25) is 0 Å². The first-order valence-corrected chi connectivity index (χ1v) is 7.22. The van der Waals surface area contributed by atoms with Gasteiger partial charge in [0.25, 0.3) is 0 Å². The van der Waals surface area contributed by atoms with E-state index in [0.717, 1.165) is 11.4 Å². The van der Waals surface area contributed by atoms with Crippen LogP contribution in [0, 0.1) is 11.7 Å². The molecular weight excluding hydrogens is 274 g/mol. The van der Waals surface area contributed by atoms with Gasteiger partial charge in [-0.15, -0.1) is 11.3 Å². The molecular formula is C14H13N3S2. The van der Waals surface area contributed by atoms with Crippen LogP contribution in [0.15, 0.2) is 35.7 Å². The Hall–Kier alpha value is -1.72. The Balaban J connectivity index is 2.25. The molecule has 0 unspecified atom stereocenters. The second-order valence-corrected chi connectivity index (χ2v) is 5.83. The lowest BCUT2D eigenvalue weighted by molar-refractivity contribution is 0.902. The van der Waals surface area contributed by atoms with Crippen molar-refractivity contribution in [1.29, 1.82) is 0 Å². The molecule has 0 fully saturated rings. The van der Waals surface area contributed by atoms with Gasteiger partial charge in [-0.05, 0) is 24.7 Å². The first kappa shape index (κ1) is 12.3. The van der Waals surface area contributed by atoms with Crippen LogP contribution in [0.1, 0.15) is 4.88 Å².